The molecule has 216 valence electrons. The molecule has 2 aromatic heterocycles. The molecule has 0 saturated heterocycles. The Hall–Kier alpha value is -3.50. The SMILES string of the molecule is CC(C)(CNc1ccc(C(=O)CBr)nn1)c1ccc(F)cc1.CC(C)(CNc1ccc(Cl)nn1)c1ccc(F)cc1. The Labute approximate surface area is 252 Å². The molecule has 7 nitrogen and oxygen atoms in total. The van der Waals surface area contributed by atoms with Crippen molar-refractivity contribution in [1.82, 2.24) is 20.4 Å². The molecule has 4 aromatic rings. The maximum atomic E-state index is 13.0. The highest BCUT2D eigenvalue weighted by Gasteiger charge is 2.21. The molecular weight excluding hydrogens is 614 g/mol. The van der Waals surface area contributed by atoms with Crippen molar-refractivity contribution in [3.63, 3.8) is 0 Å². The molecule has 0 fully saturated rings. The van der Waals surface area contributed by atoms with Crippen LogP contribution >= 0.6 is 27.5 Å². The van der Waals surface area contributed by atoms with E-state index in [4.69, 9.17) is 11.6 Å². The van der Waals surface area contributed by atoms with E-state index in [1.807, 2.05) is 0 Å². The molecule has 0 spiro atoms. The van der Waals surface area contributed by atoms with Gasteiger partial charge in [-0.25, -0.2) is 8.78 Å². The third-order valence-electron chi connectivity index (χ3n) is 6.38. The number of hydrogen-bond acceptors (Lipinski definition) is 7. The topological polar surface area (TPSA) is 92.7 Å². The smallest absolute Gasteiger partial charge is 0.193 e. The summed E-state index contributed by atoms with van der Waals surface area (Å²) in [5.74, 6) is 0.688. The number of carbonyl (C=O) groups is 1. The van der Waals surface area contributed by atoms with Crippen LogP contribution in [0.25, 0.3) is 0 Å². The third kappa shape index (κ3) is 9.82. The zero-order valence-corrected chi connectivity index (χ0v) is 25.6. The van der Waals surface area contributed by atoms with Crippen molar-refractivity contribution in [3.05, 3.63) is 106 Å². The van der Waals surface area contributed by atoms with E-state index >= 15 is 0 Å². The summed E-state index contributed by atoms with van der Waals surface area (Å²) in [6.07, 6.45) is 0. The first-order chi connectivity index (χ1) is 19.4. The summed E-state index contributed by atoms with van der Waals surface area (Å²) in [4.78, 5) is 11.5. The van der Waals surface area contributed by atoms with Crippen LogP contribution in [-0.4, -0.2) is 44.6 Å². The zero-order valence-electron chi connectivity index (χ0n) is 23.3. The molecule has 0 aliphatic rings. The first kappa shape index (κ1) is 32.0. The Kier molecular flexibility index (Phi) is 11.3. The largest absolute Gasteiger partial charge is 0.368 e. The van der Waals surface area contributed by atoms with E-state index in [9.17, 15) is 13.6 Å². The monoisotopic (exact) mass is 644 g/mol. The van der Waals surface area contributed by atoms with Crippen LogP contribution in [-0.2, 0) is 10.8 Å². The summed E-state index contributed by atoms with van der Waals surface area (Å²) in [5, 5.41) is 22.6. The quantitative estimate of drug-likeness (QED) is 0.139. The van der Waals surface area contributed by atoms with Crippen molar-refractivity contribution in [2.45, 2.75) is 38.5 Å². The highest BCUT2D eigenvalue weighted by Crippen LogP contribution is 2.25. The second kappa shape index (κ2) is 14.4. The van der Waals surface area contributed by atoms with Crippen LogP contribution in [0.15, 0.2) is 72.8 Å². The zero-order chi connectivity index (χ0) is 30.0. The van der Waals surface area contributed by atoms with Gasteiger partial charge in [0.2, 0.25) is 0 Å². The Morgan fingerprint density at radius 2 is 1.15 bits per heavy atom. The summed E-state index contributed by atoms with van der Waals surface area (Å²) in [5.41, 5.74) is 2.08. The number of halogens is 4. The number of carbonyl (C=O) groups excluding carboxylic acids is 1. The first-order valence-electron chi connectivity index (χ1n) is 12.8. The fourth-order valence-corrected chi connectivity index (χ4v) is 4.07. The van der Waals surface area contributed by atoms with E-state index in [0.29, 0.717) is 35.6 Å². The minimum Gasteiger partial charge on any atom is -0.368 e. The van der Waals surface area contributed by atoms with Gasteiger partial charge in [-0.3, -0.25) is 4.79 Å². The number of hydrogen-bond donors (Lipinski definition) is 2. The minimum absolute atomic E-state index is 0.106. The van der Waals surface area contributed by atoms with Crippen LogP contribution < -0.4 is 10.6 Å². The summed E-state index contributed by atoms with van der Waals surface area (Å²) in [6.45, 7) is 9.55. The Bertz CT molecular complexity index is 1400. The molecule has 0 unspecified atom stereocenters. The summed E-state index contributed by atoms with van der Waals surface area (Å²) < 4.78 is 25.9. The molecule has 0 saturated carbocycles. The number of rotatable bonds is 10. The van der Waals surface area contributed by atoms with Gasteiger partial charge in [-0.15, -0.1) is 20.4 Å². The second-order valence-corrected chi connectivity index (χ2v) is 11.5. The lowest BCUT2D eigenvalue weighted by atomic mass is 9.84. The minimum atomic E-state index is -0.245. The van der Waals surface area contributed by atoms with E-state index in [2.05, 4.69) is 74.7 Å². The lowest BCUT2D eigenvalue weighted by molar-refractivity contribution is 0.101. The molecule has 2 N–H and O–H groups in total. The van der Waals surface area contributed by atoms with Crippen LogP contribution in [0.3, 0.4) is 0 Å². The predicted molar refractivity (Wildman–Crippen MR) is 163 cm³/mol. The molecule has 2 aromatic carbocycles. The number of anilines is 2. The third-order valence-corrected chi connectivity index (χ3v) is 7.09. The Balaban J connectivity index is 0.000000228. The van der Waals surface area contributed by atoms with E-state index in [0.717, 1.165) is 11.1 Å². The lowest BCUT2D eigenvalue weighted by Crippen LogP contribution is -2.28. The van der Waals surface area contributed by atoms with Crippen LogP contribution in [0.1, 0.15) is 49.3 Å². The number of ketones is 1. The maximum Gasteiger partial charge on any atom is 0.193 e. The van der Waals surface area contributed by atoms with Gasteiger partial charge in [0.1, 0.15) is 29.0 Å². The number of alkyl halides is 1. The van der Waals surface area contributed by atoms with E-state index < -0.39 is 0 Å². The number of aromatic nitrogens is 4. The Morgan fingerprint density at radius 1 is 0.707 bits per heavy atom. The molecule has 0 radical (unpaired) electrons. The first-order valence-corrected chi connectivity index (χ1v) is 14.3. The van der Waals surface area contributed by atoms with E-state index in [-0.39, 0.29) is 33.6 Å². The van der Waals surface area contributed by atoms with Crippen LogP contribution in [0, 0.1) is 11.6 Å². The van der Waals surface area contributed by atoms with Gasteiger partial charge in [0.05, 0.1) is 5.33 Å². The highest BCUT2D eigenvalue weighted by atomic mass is 79.9. The van der Waals surface area contributed by atoms with Gasteiger partial charge < -0.3 is 10.6 Å². The van der Waals surface area contributed by atoms with Crippen molar-refractivity contribution < 1.29 is 13.6 Å². The van der Waals surface area contributed by atoms with Gasteiger partial charge in [-0.2, -0.15) is 0 Å². The molecule has 0 bridgehead atoms. The molecule has 2 heterocycles. The summed E-state index contributed by atoms with van der Waals surface area (Å²) >= 11 is 8.77. The van der Waals surface area contributed by atoms with E-state index in [1.165, 1.54) is 24.3 Å². The fourth-order valence-electron chi connectivity index (χ4n) is 3.68. The number of nitrogens with zero attached hydrogens (tertiary/aromatic N) is 4. The standard InChI is InChI=1S/C16H17BrFN3O.C14H15ClFN3/c1-16(2,11-3-5-12(18)6-4-11)10-19-15-8-7-13(20-21-15)14(22)9-17;1-14(2,10-3-5-11(16)6-4-10)9-17-13-8-7-12(15)18-19-13/h3-8H,9-10H2,1-2H3,(H,19,21);3-8H,9H2,1-2H3,(H,17,19). The van der Waals surface area contributed by atoms with Crippen LogP contribution in [0.4, 0.5) is 20.4 Å². The van der Waals surface area contributed by atoms with Gasteiger partial charge in [0, 0.05) is 23.9 Å². The van der Waals surface area contributed by atoms with Gasteiger partial charge in [-0.1, -0.05) is 79.5 Å². The molecule has 0 amide bonds. The Morgan fingerprint density at radius 3 is 1.51 bits per heavy atom. The van der Waals surface area contributed by atoms with Gasteiger partial charge in [-0.05, 0) is 59.7 Å². The average molecular weight is 646 g/mol. The van der Waals surface area contributed by atoms with Gasteiger partial charge >= 0.3 is 0 Å². The molecule has 0 atom stereocenters. The number of nitrogens with one attached hydrogen (secondary N) is 2. The number of Topliss-reactive ketones (excluding diaryl/α,β-unsaturated/α-hetero) is 1. The average Bonchev–Trinajstić information content (AvgIpc) is 2.96. The second-order valence-electron chi connectivity index (χ2n) is 10.6. The fraction of sp³-hybridized carbons (Fsp3) is 0.300. The predicted octanol–water partition coefficient (Wildman–Crippen LogP) is 7.24. The summed E-state index contributed by atoms with van der Waals surface area (Å²) in [7, 11) is 0. The molecule has 4 rings (SSSR count). The normalized spacial score (nSPS) is 11.3. The van der Waals surface area contributed by atoms with Crippen molar-refractivity contribution in [2.24, 2.45) is 0 Å². The van der Waals surface area contributed by atoms with Gasteiger partial charge in [0.15, 0.2) is 10.9 Å². The lowest BCUT2D eigenvalue weighted by Gasteiger charge is -2.25. The highest BCUT2D eigenvalue weighted by molar-refractivity contribution is 9.09. The van der Waals surface area contributed by atoms with Crippen molar-refractivity contribution >= 4 is 44.9 Å². The molecular formula is C30H32BrClF2N6O. The maximum absolute atomic E-state index is 13.0. The van der Waals surface area contributed by atoms with Crippen molar-refractivity contribution in [3.8, 4) is 0 Å². The van der Waals surface area contributed by atoms with Crippen LogP contribution in [0.5, 0.6) is 0 Å². The molecule has 41 heavy (non-hydrogen) atoms. The summed E-state index contributed by atoms with van der Waals surface area (Å²) in [6, 6.07) is 19.8. The van der Waals surface area contributed by atoms with Crippen molar-refractivity contribution in [1.29, 1.82) is 0 Å². The van der Waals surface area contributed by atoms with Gasteiger partial charge in [0.25, 0.3) is 0 Å². The molecule has 11 heteroatoms. The number of benzene rings is 2. The van der Waals surface area contributed by atoms with Crippen molar-refractivity contribution in [2.75, 3.05) is 29.1 Å². The van der Waals surface area contributed by atoms with Crippen LogP contribution in [0.2, 0.25) is 5.15 Å². The molecule has 0 aliphatic heterocycles. The van der Waals surface area contributed by atoms with E-state index in [1.54, 1.807) is 48.5 Å². The molecule has 0 aliphatic carbocycles.